The minimum atomic E-state index is -2.63. The molecule has 3 heterocycles. The van der Waals surface area contributed by atoms with E-state index in [2.05, 4.69) is 25.2 Å². The van der Waals surface area contributed by atoms with Gasteiger partial charge < -0.3 is 9.72 Å². The van der Waals surface area contributed by atoms with Crippen LogP contribution in [-0.2, 0) is 11.3 Å². The summed E-state index contributed by atoms with van der Waals surface area (Å²) < 4.78 is 32.3. The molecule has 1 amide bonds. The Morgan fingerprint density at radius 2 is 1.97 bits per heavy atom. The minimum Gasteiger partial charge on any atom is -0.379 e. The highest BCUT2D eigenvalue weighted by Crippen LogP contribution is 2.31. The lowest BCUT2D eigenvalue weighted by atomic mass is 10.1. The molecule has 2 aromatic heterocycles. The first-order valence-corrected chi connectivity index (χ1v) is 11.4. The topological polar surface area (TPSA) is 83.1 Å². The maximum Gasteiger partial charge on any atom is 0.264 e. The van der Waals surface area contributed by atoms with Crippen molar-refractivity contribution in [1.82, 2.24) is 19.9 Å². The number of halogens is 2. The standard InChI is InChI=1S/C23H21F2N5O2S/c24-20(25)15-4-1-2-5-16(15)21-27-18-7-3-6-17(19(18)28-21)22(31)29-23-26-14(13-33-23)12-30-8-10-32-11-9-30/h1-7,13,20H,8-12H2,(H,27,28)(H,26,29,31). The van der Waals surface area contributed by atoms with E-state index in [1.807, 2.05) is 5.38 Å². The minimum absolute atomic E-state index is 0.113. The van der Waals surface area contributed by atoms with Crippen LogP contribution < -0.4 is 5.32 Å². The molecule has 5 rings (SSSR count). The number of carbonyl (C=O) groups excluding carboxylic acids is 1. The van der Waals surface area contributed by atoms with Crippen LogP contribution >= 0.6 is 11.3 Å². The quantitative estimate of drug-likeness (QED) is 0.427. The zero-order valence-electron chi connectivity index (χ0n) is 17.6. The molecule has 1 fully saturated rings. The zero-order valence-corrected chi connectivity index (χ0v) is 18.4. The van der Waals surface area contributed by atoms with E-state index in [1.54, 1.807) is 36.4 Å². The number of aromatic nitrogens is 3. The summed E-state index contributed by atoms with van der Waals surface area (Å²) in [6.07, 6.45) is -2.63. The number of hydrogen-bond acceptors (Lipinski definition) is 6. The fourth-order valence-electron chi connectivity index (χ4n) is 3.84. The monoisotopic (exact) mass is 469 g/mol. The molecule has 10 heteroatoms. The van der Waals surface area contributed by atoms with E-state index in [-0.39, 0.29) is 11.5 Å². The van der Waals surface area contributed by atoms with Crippen LogP contribution in [0.15, 0.2) is 47.8 Å². The van der Waals surface area contributed by atoms with Gasteiger partial charge in [-0.2, -0.15) is 0 Å². The summed E-state index contributed by atoms with van der Waals surface area (Å²) >= 11 is 1.36. The molecule has 0 aliphatic carbocycles. The van der Waals surface area contributed by atoms with Gasteiger partial charge in [0.2, 0.25) is 0 Å². The molecular weight excluding hydrogens is 448 g/mol. The van der Waals surface area contributed by atoms with E-state index < -0.39 is 6.43 Å². The molecule has 1 aliphatic heterocycles. The molecule has 4 aromatic rings. The number of benzene rings is 2. The second-order valence-corrected chi connectivity index (χ2v) is 8.52. The van der Waals surface area contributed by atoms with Crippen molar-refractivity contribution in [2.24, 2.45) is 0 Å². The predicted molar refractivity (Wildman–Crippen MR) is 123 cm³/mol. The lowest BCUT2D eigenvalue weighted by Crippen LogP contribution is -2.35. The van der Waals surface area contributed by atoms with Gasteiger partial charge in [-0.05, 0) is 12.1 Å². The summed E-state index contributed by atoms with van der Waals surface area (Å²) in [5.41, 5.74) is 2.43. The van der Waals surface area contributed by atoms with E-state index in [1.165, 1.54) is 17.4 Å². The van der Waals surface area contributed by atoms with Crippen LogP contribution in [0, 0.1) is 0 Å². The number of alkyl halides is 2. The number of para-hydroxylation sites is 1. The number of carbonyl (C=O) groups is 1. The van der Waals surface area contributed by atoms with E-state index in [0.717, 1.165) is 18.8 Å². The van der Waals surface area contributed by atoms with Crippen LogP contribution in [-0.4, -0.2) is 52.1 Å². The molecule has 0 spiro atoms. The Labute approximate surface area is 192 Å². The Kier molecular flexibility index (Phi) is 6.12. The predicted octanol–water partition coefficient (Wildman–Crippen LogP) is 4.71. The van der Waals surface area contributed by atoms with Crippen LogP contribution in [0.4, 0.5) is 13.9 Å². The Balaban J connectivity index is 1.37. The summed E-state index contributed by atoms with van der Waals surface area (Å²) in [6.45, 7) is 3.85. The Bertz CT molecular complexity index is 1280. The summed E-state index contributed by atoms with van der Waals surface area (Å²) in [7, 11) is 0. The number of morpholine rings is 1. The highest BCUT2D eigenvalue weighted by atomic mass is 32.1. The summed E-state index contributed by atoms with van der Waals surface area (Å²) in [5, 5.41) is 5.27. The van der Waals surface area contributed by atoms with Gasteiger partial charge in [0.1, 0.15) is 11.3 Å². The van der Waals surface area contributed by atoms with E-state index in [4.69, 9.17) is 4.74 Å². The van der Waals surface area contributed by atoms with Crippen LogP contribution in [0.2, 0.25) is 0 Å². The average molecular weight is 470 g/mol. The second kappa shape index (κ2) is 9.34. The Morgan fingerprint density at radius 1 is 1.15 bits per heavy atom. The van der Waals surface area contributed by atoms with E-state index >= 15 is 0 Å². The van der Waals surface area contributed by atoms with E-state index in [0.29, 0.717) is 52.9 Å². The molecular formula is C23H21F2N5O2S. The molecule has 7 nitrogen and oxygen atoms in total. The molecule has 170 valence electrons. The SMILES string of the molecule is O=C(Nc1nc(CN2CCOCC2)cs1)c1cccc2[nH]c(-c3ccccc3C(F)F)nc12. The molecule has 0 saturated carbocycles. The van der Waals surface area contributed by atoms with Crippen molar-refractivity contribution >= 4 is 33.4 Å². The highest BCUT2D eigenvalue weighted by molar-refractivity contribution is 7.14. The number of fused-ring (bicyclic) bond motifs is 1. The van der Waals surface area contributed by atoms with Gasteiger partial charge >= 0.3 is 0 Å². The summed E-state index contributed by atoms with van der Waals surface area (Å²) in [5.74, 6) is -0.0590. The van der Waals surface area contributed by atoms with Gasteiger partial charge in [-0.25, -0.2) is 18.7 Å². The van der Waals surface area contributed by atoms with Crippen molar-refractivity contribution in [3.05, 3.63) is 64.7 Å². The first kappa shape index (κ1) is 21.6. The van der Waals surface area contributed by atoms with Gasteiger partial charge in [0, 0.05) is 36.1 Å². The molecule has 0 bridgehead atoms. The fourth-order valence-corrected chi connectivity index (χ4v) is 4.53. The zero-order chi connectivity index (χ0) is 22.8. The van der Waals surface area contributed by atoms with Crippen LogP contribution in [0.1, 0.15) is 28.0 Å². The lowest BCUT2D eigenvalue weighted by Gasteiger charge is -2.25. The number of hydrogen-bond donors (Lipinski definition) is 2. The van der Waals surface area contributed by atoms with Crippen LogP contribution in [0.25, 0.3) is 22.4 Å². The van der Waals surface area contributed by atoms with Gasteiger partial charge in [-0.15, -0.1) is 11.3 Å². The largest absolute Gasteiger partial charge is 0.379 e. The number of ether oxygens (including phenoxy) is 1. The van der Waals surface area contributed by atoms with Gasteiger partial charge in [0.05, 0.1) is 30.0 Å². The first-order chi connectivity index (χ1) is 16.1. The average Bonchev–Trinajstić information content (AvgIpc) is 3.46. The normalized spacial score (nSPS) is 14.8. The molecule has 2 N–H and O–H groups in total. The Hall–Kier alpha value is -3.21. The third-order valence-electron chi connectivity index (χ3n) is 5.47. The number of imidazole rings is 1. The maximum absolute atomic E-state index is 13.4. The molecule has 0 unspecified atom stereocenters. The van der Waals surface area contributed by atoms with Crippen molar-refractivity contribution in [2.75, 3.05) is 31.6 Å². The smallest absolute Gasteiger partial charge is 0.264 e. The van der Waals surface area contributed by atoms with Gasteiger partial charge in [-0.1, -0.05) is 30.3 Å². The number of nitrogens with zero attached hydrogens (tertiary/aromatic N) is 3. The number of anilines is 1. The molecule has 0 radical (unpaired) electrons. The lowest BCUT2D eigenvalue weighted by molar-refractivity contribution is 0.0337. The first-order valence-electron chi connectivity index (χ1n) is 10.5. The van der Waals surface area contributed by atoms with Crippen molar-refractivity contribution in [2.45, 2.75) is 13.0 Å². The number of thiazole rings is 1. The Morgan fingerprint density at radius 3 is 2.79 bits per heavy atom. The molecule has 0 atom stereocenters. The number of aromatic amines is 1. The van der Waals surface area contributed by atoms with Crippen molar-refractivity contribution in [1.29, 1.82) is 0 Å². The molecule has 2 aromatic carbocycles. The molecule has 1 saturated heterocycles. The van der Waals surface area contributed by atoms with Gasteiger partial charge in [0.15, 0.2) is 5.13 Å². The number of rotatable bonds is 6. The maximum atomic E-state index is 13.4. The number of amides is 1. The second-order valence-electron chi connectivity index (χ2n) is 7.66. The van der Waals surface area contributed by atoms with Gasteiger partial charge in [0.25, 0.3) is 12.3 Å². The number of H-pyrrole nitrogens is 1. The highest BCUT2D eigenvalue weighted by Gasteiger charge is 2.20. The van der Waals surface area contributed by atoms with Crippen molar-refractivity contribution in [3.63, 3.8) is 0 Å². The van der Waals surface area contributed by atoms with Gasteiger partial charge in [-0.3, -0.25) is 15.0 Å². The van der Waals surface area contributed by atoms with Crippen LogP contribution in [0.5, 0.6) is 0 Å². The summed E-state index contributed by atoms with van der Waals surface area (Å²) in [6, 6.07) is 11.3. The fraction of sp³-hybridized carbons (Fsp3) is 0.261. The number of nitrogens with one attached hydrogen (secondary N) is 2. The molecule has 33 heavy (non-hydrogen) atoms. The van der Waals surface area contributed by atoms with Crippen molar-refractivity contribution in [3.8, 4) is 11.4 Å². The summed E-state index contributed by atoms with van der Waals surface area (Å²) in [4.78, 5) is 27.3. The molecule has 1 aliphatic rings. The van der Waals surface area contributed by atoms with Crippen LogP contribution in [0.3, 0.4) is 0 Å². The van der Waals surface area contributed by atoms with Crippen molar-refractivity contribution < 1.29 is 18.3 Å². The van der Waals surface area contributed by atoms with E-state index in [9.17, 15) is 13.6 Å². The third kappa shape index (κ3) is 4.63. The third-order valence-corrected chi connectivity index (χ3v) is 6.28.